The highest BCUT2D eigenvalue weighted by Crippen LogP contribution is 2.15. The van der Waals surface area contributed by atoms with E-state index in [9.17, 15) is 9.59 Å². The smallest absolute Gasteiger partial charge is 0.337 e. The Balaban J connectivity index is 2.10. The molecule has 0 aliphatic heterocycles. The first kappa shape index (κ1) is 16.5. The lowest BCUT2D eigenvalue weighted by molar-refractivity contribution is -0.111. The number of carbonyl (C=O) groups is 2. The number of nitrogens with one attached hydrogen (secondary N) is 1. The van der Waals surface area contributed by atoms with E-state index in [1.807, 2.05) is 20.9 Å². The van der Waals surface area contributed by atoms with Gasteiger partial charge in [-0.2, -0.15) is 5.10 Å². The summed E-state index contributed by atoms with van der Waals surface area (Å²) in [6.07, 6.45) is 3.18. The predicted octanol–water partition coefficient (Wildman–Crippen LogP) is 2.48. The van der Waals surface area contributed by atoms with Crippen molar-refractivity contribution in [3.63, 3.8) is 0 Å². The molecule has 0 spiro atoms. The maximum atomic E-state index is 12.0. The molecule has 0 atom stereocenters. The minimum Gasteiger partial charge on any atom is -0.465 e. The molecule has 120 valence electrons. The minimum absolute atomic E-state index is 0.283. The molecule has 1 amide bonds. The summed E-state index contributed by atoms with van der Waals surface area (Å²) < 4.78 is 6.43. The van der Waals surface area contributed by atoms with Crippen molar-refractivity contribution in [3.05, 3.63) is 52.9 Å². The molecule has 23 heavy (non-hydrogen) atoms. The molecular weight excluding hydrogens is 294 g/mol. The van der Waals surface area contributed by atoms with Crippen LogP contribution in [0.4, 0.5) is 5.69 Å². The number of amides is 1. The lowest BCUT2D eigenvalue weighted by atomic mass is 10.2. The number of esters is 1. The summed E-state index contributed by atoms with van der Waals surface area (Å²) in [5.41, 5.74) is 3.68. The number of aryl methyl sites for hydroxylation is 2. The zero-order valence-electron chi connectivity index (χ0n) is 13.6. The third kappa shape index (κ3) is 3.85. The number of anilines is 1. The molecule has 0 aliphatic carbocycles. The van der Waals surface area contributed by atoms with E-state index < -0.39 is 5.97 Å². The summed E-state index contributed by atoms with van der Waals surface area (Å²) in [4.78, 5) is 23.5. The van der Waals surface area contributed by atoms with E-state index in [4.69, 9.17) is 0 Å². The van der Waals surface area contributed by atoms with Gasteiger partial charge in [-0.1, -0.05) is 6.07 Å². The van der Waals surface area contributed by atoms with Crippen molar-refractivity contribution in [2.24, 2.45) is 7.05 Å². The van der Waals surface area contributed by atoms with Crippen LogP contribution >= 0.6 is 0 Å². The molecule has 1 heterocycles. The molecule has 0 aliphatic rings. The first-order chi connectivity index (χ1) is 10.9. The fourth-order valence-corrected chi connectivity index (χ4v) is 2.22. The van der Waals surface area contributed by atoms with Gasteiger partial charge in [-0.05, 0) is 38.1 Å². The van der Waals surface area contributed by atoms with Crippen LogP contribution in [-0.2, 0) is 16.6 Å². The third-order valence-electron chi connectivity index (χ3n) is 3.52. The van der Waals surface area contributed by atoms with Crippen molar-refractivity contribution < 1.29 is 14.3 Å². The number of aromatic nitrogens is 2. The van der Waals surface area contributed by atoms with Gasteiger partial charge in [0.2, 0.25) is 5.91 Å². The van der Waals surface area contributed by atoms with Crippen molar-refractivity contribution >= 4 is 23.6 Å². The van der Waals surface area contributed by atoms with Gasteiger partial charge in [0.1, 0.15) is 0 Å². The Morgan fingerprint density at radius 1 is 1.30 bits per heavy atom. The number of hydrogen-bond donors (Lipinski definition) is 1. The number of ether oxygens (including phenoxy) is 1. The lowest BCUT2D eigenvalue weighted by Gasteiger charge is -2.04. The van der Waals surface area contributed by atoms with E-state index in [0.717, 1.165) is 17.0 Å². The van der Waals surface area contributed by atoms with Gasteiger partial charge in [-0.3, -0.25) is 9.48 Å². The summed E-state index contributed by atoms with van der Waals surface area (Å²) in [5.74, 6) is -0.729. The summed E-state index contributed by atoms with van der Waals surface area (Å²) in [6, 6.07) is 6.58. The standard InChI is InChI=1S/C17H19N3O3/c1-11-15(12(2)20(3)19-11)8-9-16(21)18-14-7-5-6-13(10-14)17(22)23-4/h5-10H,1-4H3,(H,18,21)/b9-8+. The number of nitrogens with zero attached hydrogens (tertiary/aromatic N) is 2. The van der Waals surface area contributed by atoms with E-state index in [1.54, 1.807) is 35.0 Å². The number of benzene rings is 1. The molecule has 0 fully saturated rings. The van der Waals surface area contributed by atoms with E-state index in [-0.39, 0.29) is 5.91 Å². The van der Waals surface area contributed by atoms with Gasteiger partial charge >= 0.3 is 5.97 Å². The second-order valence-corrected chi connectivity index (χ2v) is 5.10. The molecule has 0 unspecified atom stereocenters. The molecule has 1 aromatic carbocycles. The van der Waals surface area contributed by atoms with Crippen molar-refractivity contribution in [1.82, 2.24) is 9.78 Å². The molecule has 2 rings (SSSR count). The van der Waals surface area contributed by atoms with Gasteiger partial charge < -0.3 is 10.1 Å². The second kappa shape index (κ2) is 6.91. The first-order valence-electron chi connectivity index (χ1n) is 7.10. The maximum Gasteiger partial charge on any atom is 0.337 e. The Hall–Kier alpha value is -2.89. The number of rotatable bonds is 4. The maximum absolute atomic E-state index is 12.0. The topological polar surface area (TPSA) is 73.2 Å². The minimum atomic E-state index is -0.446. The van der Waals surface area contributed by atoms with Crippen LogP contribution in [0.25, 0.3) is 6.08 Å². The summed E-state index contributed by atoms with van der Waals surface area (Å²) in [5, 5.41) is 7.01. The Kier molecular flexibility index (Phi) is 4.95. The zero-order valence-corrected chi connectivity index (χ0v) is 13.6. The van der Waals surface area contributed by atoms with Crippen molar-refractivity contribution in [2.45, 2.75) is 13.8 Å². The van der Waals surface area contributed by atoms with Crippen LogP contribution in [0.3, 0.4) is 0 Å². The van der Waals surface area contributed by atoms with E-state index in [1.165, 1.54) is 13.2 Å². The van der Waals surface area contributed by atoms with E-state index in [0.29, 0.717) is 11.3 Å². The normalized spacial score (nSPS) is 10.8. The fourth-order valence-electron chi connectivity index (χ4n) is 2.22. The van der Waals surface area contributed by atoms with Crippen molar-refractivity contribution in [2.75, 3.05) is 12.4 Å². The SMILES string of the molecule is COC(=O)c1cccc(NC(=O)/C=C/c2c(C)nn(C)c2C)c1. The van der Waals surface area contributed by atoms with E-state index in [2.05, 4.69) is 15.2 Å². The number of carbonyl (C=O) groups excluding carboxylic acids is 2. The molecule has 0 radical (unpaired) electrons. The van der Waals surface area contributed by atoms with Crippen LogP contribution in [0.15, 0.2) is 30.3 Å². The van der Waals surface area contributed by atoms with Gasteiger partial charge in [0.25, 0.3) is 0 Å². The molecule has 0 saturated carbocycles. The average Bonchev–Trinajstić information content (AvgIpc) is 2.77. The van der Waals surface area contributed by atoms with Crippen molar-refractivity contribution in [1.29, 1.82) is 0 Å². The van der Waals surface area contributed by atoms with Gasteiger partial charge in [-0.15, -0.1) is 0 Å². The molecule has 2 aromatic rings. The Morgan fingerprint density at radius 2 is 2.04 bits per heavy atom. The third-order valence-corrected chi connectivity index (χ3v) is 3.52. The fraction of sp³-hybridized carbons (Fsp3) is 0.235. The average molecular weight is 313 g/mol. The number of hydrogen-bond acceptors (Lipinski definition) is 4. The lowest BCUT2D eigenvalue weighted by Crippen LogP contribution is -2.09. The molecule has 0 bridgehead atoms. The predicted molar refractivity (Wildman–Crippen MR) is 88.1 cm³/mol. The zero-order chi connectivity index (χ0) is 17.0. The monoisotopic (exact) mass is 313 g/mol. The largest absolute Gasteiger partial charge is 0.465 e. The molecule has 6 heteroatoms. The summed E-state index contributed by atoms with van der Waals surface area (Å²) in [6.45, 7) is 3.84. The highest BCUT2D eigenvalue weighted by Gasteiger charge is 2.08. The number of methoxy groups -OCH3 is 1. The molecule has 0 saturated heterocycles. The molecule has 6 nitrogen and oxygen atoms in total. The summed E-state index contributed by atoms with van der Waals surface area (Å²) in [7, 11) is 3.17. The second-order valence-electron chi connectivity index (χ2n) is 5.10. The Labute approximate surface area is 134 Å². The quantitative estimate of drug-likeness (QED) is 0.695. The van der Waals surface area contributed by atoms with Crippen LogP contribution < -0.4 is 5.32 Å². The first-order valence-corrected chi connectivity index (χ1v) is 7.10. The highest BCUT2D eigenvalue weighted by atomic mass is 16.5. The molecule has 1 N–H and O–H groups in total. The summed E-state index contributed by atoms with van der Waals surface area (Å²) >= 11 is 0. The molecule has 1 aromatic heterocycles. The van der Waals surface area contributed by atoms with Crippen LogP contribution in [0, 0.1) is 13.8 Å². The Bertz CT molecular complexity index is 775. The van der Waals surface area contributed by atoms with Gasteiger partial charge in [-0.25, -0.2) is 4.79 Å². The van der Waals surface area contributed by atoms with Crippen LogP contribution in [0.2, 0.25) is 0 Å². The van der Waals surface area contributed by atoms with E-state index >= 15 is 0 Å². The highest BCUT2D eigenvalue weighted by molar-refractivity contribution is 6.02. The van der Waals surface area contributed by atoms with Crippen LogP contribution in [0.5, 0.6) is 0 Å². The van der Waals surface area contributed by atoms with Crippen LogP contribution in [-0.4, -0.2) is 28.8 Å². The van der Waals surface area contributed by atoms with Gasteiger partial charge in [0.05, 0.1) is 18.4 Å². The van der Waals surface area contributed by atoms with Gasteiger partial charge in [0.15, 0.2) is 0 Å². The Morgan fingerprint density at radius 3 is 2.65 bits per heavy atom. The van der Waals surface area contributed by atoms with Crippen molar-refractivity contribution in [3.8, 4) is 0 Å². The molecular formula is C17H19N3O3. The van der Waals surface area contributed by atoms with Crippen LogP contribution in [0.1, 0.15) is 27.3 Å². The van der Waals surface area contributed by atoms with Gasteiger partial charge in [0, 0.05) is 30.1 Å².